The molecule has 0 aliphatic rings. The highest BCUT2D eigenvalue weighted by Gasteiger charge is 2.20. The van der Waals surface area contributed by atoms with Gasteiger partial charge in [0.2, 0.25) is 10.0 Å². The Balaban J connectivity index is 2.00. The van der Waals surface area contributed by atoms with Crippen molar-refractivity contribution in [3.05, 3.63) is 63.2 Å². The Morgan fingerprint density at radius 1 is 1.23 bits per heavy atom. The van der Waals surface area contributed by atoms with Crippen molar-refractivity contribution in [3.8, 4) is 5.75 Å². The van der Waals surface area contributed by atoms with Crippen LogP contribution in [0.3, 0.4) is 0 Å². The maximum absolute atomic E-state index is 11.8. The van der Waals surface area contributed by atoms with Gasteiger partial charge in [0, 0.05) is 17.6 Å². The molecule has 0 heterocycles. The Morgan fingerprint density at radius 3 is 2.46 bits per heavy atom. The number of carbonyl (C=O) groups excluding carboxylic acids is 1. The van der Waals surface area contributed by atoms with E-state index in [9.17, 15) is 23.3 Å². The molecule has 9 nitrogen and oxygen atoms in total. The number of hydrogen-bond acceptors (Lipinski definition) is 6. The van der Waals surface area contributed by atoms with E-state index in [1.54, 1.807) is 24.3 Å². The van der Waals surface area contributed by atoms with Gasteiger partial charge in [0.15, 0.2) is 12.4 Å². The summed E-state index contributed by atoms with van der Waals surface area (Å²) in [7, 11) is -4.10. The lowest BCUT2D eigenvalue weighted by Gasteiger charge is -2.09. The van der Waals surface area contributed by atoms with E-state index in [0.29, 0.717) is 5.02 Å². The Kier molecular flexibility index (Phi) is 6.14. The van der Waals surface area contributed by atoms with Crippen LogP contribution in [-0.2, 0) is 21.4 Å². The molecule has 0 fully saturated rings. The standard InChI is InChI=1S/C15H14ClN3O6S/c16-11-3-1-10(2-4-11)8-18-15(20)9-25-14-6-5-12(26(17,23)24)7-13(14)19(21)22/h1-7H,8-9H2,(H,18,20)(H2,17,23,24). The quantitative estimate of drug-likeness (QED) is 0.534. The molecule has 0 aromatic heterocycles. The summed E-state index contributed by atoms with van der Waals surface area (Å²) in [6.07, 6.45) is 0. The maximum atomic E-state index is 11.8. The first kappa shape index (κ1) is 19.6. The number of rotatable bonds is 7. The van der Waals surface area contributed by atoms with Crippen molar-refractivity contribution in [3.63, 3.8) is 0 Å². The molecule has 0 spiro atoms. The van der Waals surface area contributed by atoms with E-state index in [1.807, 2.05) is 0 Å². The van der Waals surface area contributed by atoms with Crippen LogP contribution in [0.25, 0.3) is 0 Å². The van der Waals surface area contributed by atoms with Gasteiger partial charge in [0.1, 0.15) is 0 Å². The highest BCUT2D eigenvalue weighted by molar-refractivity contribution is 7.89. The largest absolute Gasteiger partial charge is 0.477 e. The number of carbonyl (C=O) groups is 1. The number of nitrogens with one attached hydrogen (secondary N) is 1. The normalized spacial score (nSPS) is 11.0. The number of hydrogen-bond donors (Lipinski definition) is 2. The molecular weight excluding hydrogens is 386 g/mol. The van der Waals surface area contributed by atoms with Crippen LogP contribution in [0.5, 0.6) is 5.75 Å². The van der Waals surface area contributed by atoms with Crippen molar-refractivity contribution in [1.29, 1.82) is 0 Å². The number of nitro groups is 1. The average Bonchev–Trinajstić information content (AvgIpc) is 2.58. The molecule has 26 heavy (non-hydrogen) atoms. The molecule has 0 unspecified atom stereocenters. The summed E-state index contributed by atoms with van der Waals surface area (Å²) >= 11 is 5.76. The third-order valence-corrected chi connectivity index (χ3v) is 4.38. The molecule has 0 saturated carbocycles. The number of nitro benzene ring substituents is 1. The molecule has 0 atom stereocenters. The lowest BCUT2D eigenvalue weighted by molar-refractivity contribution is -0.386. The van der Waals surface area contributed by atoms with E-state index < -0.39 is 38.0 Å². The van der Waals surface area contributed by atoms with Gasteiger partial charge in [-0.05, 0) is 29.8 Å². The van der Waals surface area contributed by atoms with Gasteiger partial charge in [-0.25, -0.2) is 13.6 Å². The fraction of sp³-hybridized carbons (Fsp3) is 0.133. The van der Waals surface area contributed by atoms with Gasteiger partial charge in [-0.2, -0.15) is 0 Å². The highest BCUT2D eigenvalue weighted by Crippen LogP contribution is 2.29. The summed E-state index contributed by atoms with van der Waals surface area (Å²) < 4.78 is 27.7. The number of nitrogens with two attached hydrogens (primary N) is 1. The van der Waals surface area contributed by atoms with Crippen molar-refractivity contribution in [2.75, 3.05) is 6.61 Å². The first-order valence-electron chi connectivity index (χ1n) is 7.12. The summed E-state index contributed by atoms with van der Waals surface area (Å²) in [6.45, 7) is -0.255. The van der Waals surface area contributed by atoms with E-state index in [2.05, 4.69) is 5.32 Å². The summed E-state index contributed by atoms with van der Waals surface area (Å²) in [5.41, 5.74) is 0.202. The van der Waals surface area contributed by atoms with Crippen LogP contribution in [0.1, 0.15) is 5.56 Å². The zero-order valence-corrected chi connectivity index (χ0v) is 14.8. The van der Waals surface area contributed by atoms with E-state index in [1.165, 1.54) is 0 Å². The summed E-state index contributed by atoms with van der Waals surface area (Å²) in [5.74, 6) is -0.756. The highest BCUT2D eigenvalue weighted by atomic mass is 35.5. The minimum absolute atomic E-state index is 0.228. The van der Waals surface area contributed by atoms with E-state index >= 15 is 0 Å². The third-order valence-electron chi connectivity index (χ3n) is 3.22. The molecule has 11 heteroatoms. The number of nitrogens with zero attached hydrogens (tertiary/aromatic N) is 1. The predicted octanol–water partition coefficient (Wildman–Crippen LogP) is 1.59. The van der Waals surface area contributed by atoms with Crippen LogP contribution < -0.4 is 15.2 Å². The van der Waals surface area contributed by atoms with Gasteiger partial charge in [-0.1, -0.05) is 23.7 Å². The van der Waals surface area contributed by atoms with Gasteiger partial charge < -0.3 is 10.1 Å². The molecule has 0 radical (unpaired) electrons. The monoisotopic (exact) mass is 399 g/mol. The summed E-state index contributed by atoms with van der Waals surface area (Å²) in [4.78, 5) is 21.6. The average molecular weight is 400 g/mol. The second-order valence-corrected chi connectivity index (χ2v) is 7.12. The fourth-order valence-electron chi connectivity index (χ4n) is 1.94. The Hall–Kier alpha value is -2.69. The van der Waals surface area contributed by atoms with Crippen molar-refractivity contribution in [2.24, 2.45) is 5.14 Å². The van der Waals surface area contributed by atoms with E-state index in [4.69, 9.17) is 21.5 Å². The zero-order valence-electron chi connectivity index (χ0n) is 13.2. The lowest BCUT2D eigenvalue weighted by Crippen LogP contribution is -2.28. The minimum Gasteiger partial charge on any atom is -0.477 e. The predicted molar refractivity (Wildman–Crippen MR) is 93.3 cm³/mol. The van der Waals surface area contributed by atoms with Gasteiger partial charge in [0.25, 0.3) is 5.91 Å². The van der Waals surface area contributed by atoms with Crippen molar-refractivity contribution in [1.82, 2.24) is 5.32 Å². The van der Waals surface area contributed by atoms with E-state index in [-0.39, 0.29) is 12.3 Å². The van der Waals surface area contributed by atoms with Crippen LogP contribution in [0.2, 0.25) is 5.02 Å². The Morgan fingerprint density at radius 2 is 1.88 bits per heavy atom. The fourth-order valence-corrected chi connectivity index (χ4v) is 2.60. The van der Waals surface area contributed by atoms with Crippen LogP contribution in [0.15, 0.2) is 47.4 Å². The molecule has 0 saturated heterocycles. The maximum Gasteiger partial charge on any atom is 0.312 e. The topological polar surface area (TPSA) is 142 Å². The molecule has 2 rings (SSSR count). The Bertz CT molecular complexity index is 931. The molecule has 0 aliphatic carbocycles. The minimum atomic E-state index is -4.10. The lowest BCUT2D eigenvalue weighted by atomic mass is 10.2. The van der Waals surface area contributed by atoms with Crippen LogP contribution in [-0.4, -0.2) is 25.9 Å². The van der Waals surface area contributed by atoms with Crippen molar-refractivity contribution >= 4 is 33.2 Å². The number of ether oxygens (including phenoxy) is 1. The summed E-state index contributed by atoms with van der Waals surface area (Å²) in [6, 6.07) is 9.73. The van der Waals surface area contributed by atoms with Crippen molar-refractivity contribution < 1.29 is 22.9 Å². The Labute approximate surface area is 153 Å². The second kappa shape index (κ2) is 8.13. The SMILES string of the molecule is NS(=O)(=O)c1ccc(OCC(=O)NCc2ccc(Cl)cc2)c([N+](=O)[O-])c1. The molecule has 0 aliphatic heterocycles. The smallest absolute Gasteiger partial charge is 0.312 e. The second-order valence-electron chi connectivity index (χ2n) is 5.12. The molecule has 2 aromatic rings. The third kappa shape index (κ3) is 5.41. The number of amides is 1. The van der Waals surface area contributed by atoms with Gasteiger partial charge in [0.05, 0.1) is 9.82 Å². The molecule has 0 bridgehead atoms. The van der Waals surface area contributed by atoms with Gasteiger partial charge >= 0.3 is 5.69 Å². The molecule has 3 N–H and O–H groups in total. The molecule has 1 amide bonds. The number of primary sulfonamides is 1. The first-order chi connectivity index (χ1) is 12.2. The number of halogens is 1. The number of sulfonamides is 1. The van der Waals surface area contributed by atoms with Crippen LogP contribution in [0, 0.1) is 10.1 Å². The van der Waals surface area contributed by atoms with Crippen LogP contribution in [0.4, 0.5) is 5.69 Å². The molecule has 138 valence electrons. The summed E-state index contributed by atoms with van der Waals surface area (Å²) in [5, 5.41) is 19.1. The van der Waals surface area contributed by atoms with Gasteiger partial charge in [-0.3, -0.25) is 14.9 Å². The van der Waals surface area contributed by atoms with Crippen molar-refractivity contribution in [2.45, 2.75) is 11.4 Å². The van der Waals surface area contributed by atoms with Gasteiger partial charge in [-0.15, -0.1) is 0 Å². The number of benzene rings is 2. The molecular formula is C15H14ClN3O6S. The van der Waals surface area contributed by atoms with E-state index in [0.717, 1.165) is 23.8 Å². The molecule has 2 aromatic carbocycles. The zero-order chi connectivity index (χ0) is 19.3. The van der Waals surface area contributed by atoms with Crippen LogP contribution >= 0.6 is 11.6 Å². The first-order valence-corrected chi connectivity index (χ1v) is 9.04.